The first-order valence-electron chi connectivity index (χ1n) is 9.58. The van der Waals surface area contributed by atoms with E-state index in [-0.39, 0.29) is 11.8 Å². The highest BCUT2D eigenvalue weighted by Crippen LogP contribution is 2.42. The maximum Gasteiger partial charge on any atom is 0.394 e. The van der Waals surface area contributed by atoms with Gasteiger partial charge in [-0.3, -0.25) is 0 Å². The average Bonchev–Trinajstić information content (AvgIpc) is 2.59. The number of pyridine rings is 1. The van der Waals surface area contributed by atoms with Crippen LogP contribution >= 0.6 is 0 Å². The Kier molecular flexibility index (Phi) is 5.22. The van der Waals surface area contributed by atoms with Gasteiger partial charge in [-0.15, -0.1) is 0 Å². The number of alkyl halides is 3. The molecule has 0 unspecified atom stereocenters. The number of benzene rings is 2. The molecular formula is C24H26F4N+. The van der Waals surface area contributed by atoms with E-state index in [1.165, 1.54) is 6.07 Å². The third-order valence-corrected chi connectivity index (χ3v) is 5.83. The first-order chi connectivity index (χ1) is 13.3. The standard InChI is InChI=1S/C24H26F4N/c1-14-10-15(2)16(3)18(11-14)21-12-17(13-23(4,5)24(26,27)28)22-19(25)8-7-9-20(22)29(21)6/h7-12H,13H2,1-6H3/q+1. The van der Waals surface area contributed by atoms with Crippen molar-refractivity contribution in [2.24, 2.45) is 12.5 Å². The number of aromatic nitrogens is 1. The molecule has 0 radical (unpaired) electrons. The van der Waals surface area contributed by atoms with Crippen molar-refractivity contribution < 1.29 is 22.1 Å². The molecule has 0 aliphatic carbocycles. The molecule has 1 aromatic heterocycles. The first kappa shape index (κ1) is 21.3. The van der Waals surface area contributed by atoms with Crippen molar-refractivity contribution >= 4 is 10.9 Å². The van der Waals surface area contributed by atoms with Crippen molar-refractivity contribution in [1.82, 2.24) is 0 Å². The van der Waals surface area contributed by atoms with Crippen molar-refractivity contribution in [2.45, 2.75) is 47.2 Å². The van der Waals surface area contributed by atoms with Gasteiger partial charge in [-0.25, -0.2) is 4.39 Å². The fourth-order valence-electron chi connectivity index (χ4n) is 3.85. The van der Waals surface area contributed by atoms with Crippen LogP contribution < -0.4 is 4.57 Å². The van der Waals surface area contributed by atoms with E-state index in [0.29, 0.717) is 11.1 Å². The lowest BCUT2D eigenvalue weighted by Gasteiger charge is -2.28. The second-order valence-corrected chi connectivity index (χ2v) is 8.56. The molecule has 0 saturated carbocycles. The molecule has 3 aromatic rings. The quantitative estimate of drug-likeness (QED) is 0.345. The summed E-state index contributed by atoms with van der Waals surface area (Å²) in [6, 6.07) is 10.5. The van der Waals surface area contributed by atoms with Gasteiger partial charge >= 0.3 is 6.18 Å². The summed E-state index contributed by atoms with van der Waals surface area (Å²) in [5, 5.41) is 0.248. The molecule has 0 atom stereocenters. The van der Waals surface area contributed by atoms with E-state index in [4.69, 9.17) is 0 Å². The Morgan fingerprint density at radius 3 is 2.24 bits per heavy atom. The first-order valence-corrected chi connectivity index (χ1v) is 9.58. The number of halogens is 4. The molecule has 29 heavy (non-hydrogen) atoms. The van der Waals surface area contributed by atoms with E-state index >= 15 is 0 Å². The number of rotatable bonds is 3. The van der Waals surface area contributed by atoms with Crippen molar-refractivity contribution in [3.63, 3.8) is 0 Å². The van der Waals surface area contributed by atoms with E-state index in [0.717, 1.165) is 41.8 Å². The predicted octanol–water partition coefficient (Wildman–Crippen LogP) is 6.53. The molecule has 2 aromatic carbocycles. The van der Waals surface area contributed by atoms with E-state index < -0.39 is 17.4 Å². The topological polar surface area (TPSA) is 3.88 Å². The van der Waals surface area contributed by atoms with Gasteiger partial charge in [0, 0.05) is 17.7 Å². The Bertz CT molecular complexity index is 1090. The van der Waals surface area contributed by atoms with Crippen LogP contribution in [0.15, 0.2) is 36.4 Å². The smallest absolute Gasteiger partial charge is 0.206 e. The highest BCUT2D eigenvalue weighted by atomic mass is 19.4. The van der Waals surface area contributed by atoms with E-state index in [1.54, 1.807) is 18.2 Å². The second-order valence-electron chi connectivity index (χ2n) is 8.56. The van der Waals surface area contributed by atoms with Crippen LogP contribution in [-0.2, 0) is 13.5 Å². The van der Waals surface area contributed by atoms with Crippen LogP contribution in [0.1, 0.15) is 36.1 Å². The number of hydrogen-bond donors (Lipinski definition) is 0. The van der Waals surface area contributed by atoms with Crippen LogP contribution in [0.4, 0.5) is 17.6 Å². The molecule has 0 aliphatic rings. The molecule has 1 heterocycles. The summed E-state index contributed by atoms with van der Waals surface area (Å²) in [4.78, 5) is 0. The second kappa shape index (κ2) is 7.12. The SMILES string of the molecule is Cc1cc(C)c(C)c(-c2cc(CC(C)(C)C(F)(F)F)c3c(F)cccc3[n+]2C)c1. The summed E-state index contributed by atoms with van der Waals surface area (Å²) in [6.45, 7) is 8.33. The van der Waals surface area contributed by atoms with Crippen LogP contribution in [0.2, 0.25) is 0 Å². The lowest BCUT2D eigenvalue weighted by Crippen LogP contribution is -2.36. The zero-order chi connectivity index (χ0) is 21.7. The van der Waals surface area contributed by atoms with Gasteiger partial charge in [-0.1, -0.05) is 31.5 Å². The van der Waals surface area contributed by atoms with Gasteiger partial charge in [0.05, 0.1) is 10.8 Å². The monoisotopic (exact) mass is 404 g/mol. The minimum Gasteiger partial charge on any atom is -0.206 e. The Morgan fingerprint density at radius 2 is 1.62 bits per heavy atom. The molecular weight excluding hydrogens is 378 g/mol. The Morgan fingerprint density at radius 1 is 0.966 bits per heavy atom. The Balaban J connectivity index is 2.37. The third kappa shape index (κ3) is 3.75. The van der Waals surface area contributed by atoms with Gasteiger partial charge in [0.1, 0.15) is 12.9 Å². The molecule has 0 bridgehead atoms. The molecule has 0 N–H and O–H groups in total. The summed E-state index contributed by atoms with van der Waals surface area (Å²) in [6.07, 6.45) is -4.69. The van der Waals surface area contributed by atoms with Crippen LogP contribution in [0.3, 0.4) is 0 Å². The Labute approximate surface area is 169 Å². The summed E-state index contributed by atoms with van der Waals surface area (Å²) in [5.74, 6) is -0.505. The fraction of sp³-hybridized carbons (Fsp3) is 0.375. The molecule has 0 amide bonds. The largest absolute Gasteiger partial charge is 0.394 e. The fourth-order valence-corrected chi connectivity index (χ4v) is 3.85. The minimum absolute atomic E-state index is 0.248. The zero-order valence-electron chi connectivity index (χ0n) is 17.6. The lowest BCUT2D eigenvalue weighted by molar-refractivity contribution is -0.633. The summed E-state index contributed by atoms with van der Waals surface area (Å²) in [7, 11) is 1.83. The van der Waals surface area contributed by atoms with Crippen LogP contribution in [0.5, 0.6) is 0 Å². The summed E-state index contributed by atoms with van der Waals surface area (Å²) >= 11 is 0. The van der Waals surface area contributed by atoms with E-state index in [9.17, 15) is 17.6 Å². The number of hydrogen-bond acceptors (Lipinski definition) is 0. The van der Waals surface area contributed by atoms with Gasteiger partial charge < -0.3 is 0 Å². The van der Waals surface area contributed by atoms with Crippen molar-refractivity contribution in [3.05, 3.63) is 64.5 Å². The maximum absolute atomic E-state index is 14.7. The van der Waals surface area contributed by atoms with Gasteiger partial charge in [0.15, 0.2) is 0 Å². The summed E-state index contributed by atoms with van der Waals surface area (Å²) in [5.41, 5.74) is 3.93. The molecule has 0 fully saturated rings. The Hall–Kier alpha value is -2.43. The van der Waals surface area contributed by atoms with Gasteiger partial charge in [0.2, 0.25) is 11.2 Å². The molecule has 3 rings (SSSR count). The van der Waals surface area contributed by atoms with Gasteiger partial charge in [0.25, 0.3) is 0 Å². The minimum atomic E-state index is -4.39. The van der Waals surface area contributed by atoms with E-state index in [1.807, 2.05) is 38.5 Å². The van der Waals surface area contributed by atoms with Gasteiger partial charge in [-0.05, 0) is 56.0 Å². The zero-order valence-corrected chi connectivity index (χ0v) is 17.6. The van der Waals surface area contributed by atoms with Crippen molar-refractivity contribution in [1.29, 1.82) is 0 Å². The molecule has 0 spiro atoms. The van der Waals surface area contributed by atoms with Crippen molar-refractivity contribution in [3.8, 4) is 11.3 Å². The molecule has 5 heteroatoms. The molecule has 154 valence electrons. The van der Waals surface area contributed by atoms with Crippen LogP contribution in [0.25, 0.3) is 22.2 Å². The molecule has 1 nitrogen and oxygen atoms in total. The highest BCUT2D eigenvalue weighted by Gasteiger charge is 2.47. The van der Waals surface area contributed by atoms with E-state index in [2.05, 4.69) is 6.07 Å². The predicted molar refractivity (Wildman–Crippen MR) is 108 cm³/mol. The average molecular weight is 404 g/mol. The maximum atomic E-state index is 14.7. The van der Waals surface area contributed by atoms with Crippen molar-refractivity contribution in [2.75, 3.05) is 0 Å². The highest BCUT2D eigenvalue weighted by molar-refractivity contribution is 5.83. The lowest BCUT2D eigenvalue weighted by atomic mass is 9.83. The molecule has 0 saturated heterocycles. The van der Waals surface area contributed by atoms with Gasteiger partial charge in [-0.2, -0.15) is 17.7 Å². The van der Waals surface area contributed by atoms with Crippen LogP contribution in [-0.4, -0.2) is 6.18 Å². The number of nitrogens with zero attached hydrogens (tertiary/aromatic N) is 1. The molecule has 0 aliphatic heterocycles. The normalized spacial score (nSPS) is 12.6. The summed E-state index contributed by atoms with van der Waals surface area (Å²) < 4.78 is 57.4. The third-order valence-electron chi connectivity index (χ3n) is 5.83. The number of fused-ring (bicyclic) bond motifs is 1. The number of aryl methyl sites for hydroxylation is 3. The van der Waals surface area contributed by atoms with Crippen LogP contribution in [0, 0.1) is 32.0 Å².